The number of nitrogens with zero attached hydrogens (tertiary/aromatic N) is 1. The van der Waals surface area contributed by atoms with Gasteiger partial charge in [0.05, 0.1) is 12.8 Å². The number of hydrogen-bond acceptors (Lipinski definition) is 4. The van der Waals surface area contributed by atoms with Gasteiger partial charge in [-0.15, -0.1) is 0 Å². The Morgan fingerprint density at radius 2 is 2.16 bits per heavy atom. The molecule has 2 N–H and O–H groups in total. The second-order valence-corrected chi connectivity index (χ2v) is 4.21. The van der Waals surface area contributed by atoms with Crippen LogP contribution in [0.2, 0.25) is 5.02 Å². The number of nitrogens with two attached hydrogens (primary N) is 1. The van der Waals surface area contributed by atoms with Crippen molar-refractivity contribution in [3.05, 3.63) is 47.0 Å². The van der Waals surface area contributed by atoms with E-state index in [-0.39, 0.29) is 11.4 Å². The zero-order valence-electron chi connectivity index (χ0n) is 9.98. The molecule has 0 saturated heterocycles. The molecule has 0 aliphatic carbocycles. The number of nitrogen functional groups attached to an aromatic ring is 1. The van der Waals surface area contributed by atoms with Gasteiger partial charge in [0.2, 0.25) is 0 Å². The Hall–Kier alpha value is -2.14. The summed E-state index contributed by atoms with van der Waals surface area (Å²) in [5, 5.41) is 0.299. The first kappa shape index (κ1) is 13.3. The van der Waals surface area contributed by atoms with Gasteiger partial charge in [-0.1, -0.05) is 11.6 Å². The van der Waals surface area contributed by atoms with Gasteiger partial charge in [-0.3, -0.25) is 0 Å². The van der Waals surface area contributed by atoms with Gasteiger partial charge in [0, 0.05) is 22.3 Å². The number of benzene rings is 1. The smallest absolute Gasteiger partial charge is 0.358 e. The highest BCUT2D eigenvalue weighted by Crippen LogP contribution is 2.27. The van der Waals surface area contributed by atoms with Crippen LogP contribution in [0.5, 0.6) is 0 Å². The molecule has 19 heavy (non-hydrogen) atoms. The molecule has 0 radical (unpaired) electrons. The first-order valence-electron chi connectivity index (χ1n) is 5.32. The third-order valence-electron chi connectivity index (χ3n) is 2.54. The highest BCUT2D eigenvalue weighted by atomic mass is 35.5. The topological polar surface area (TPSA) is 65.2 Å². The summed E-state index contributed by atoms with van der Waals surface area (Å²) >= 11 is 5.68. The molecule has 0 amide bonds. The average molecular weight is 281 g/mol. The summed E-state index contributed by atoms with van der Waals surface area (Å²) < 4.78 is 18.3. The van der Waals surface area contributed by atoms with Crippen LogP contribution in [0.3, 0.4) is 0 Å². The number of aromatic nitrogens is 1. The minimum atomic E-state index is -0.638. The van der Waals surface area contributed by atoms with Crippen LogP contribution in [0.25, 0.3) is 11.1 Å². The molecule has 0 aliphatic rings. The molecule has 1 aromatic carbocycles. The van der Waals surface area contributed by atoms with Crippen LogP contribution in [0.15, 0.2) is 30.5 Å². The first-order valence-corrected chi connectivity index (χ1v) is 5.70. The molecule has 4 nitrogen and oxygen atoms in total. The van der Waals surface area contributed by atoms with Crippen LogP contribution >= 0.6 is 11.6 Å². The Bertz CT molecular complexity index is 647. The fourth-order valence-electron chi connectivity index (χ4n) is 1.62. The van der Waals surface area contributed by atoms with Gasteiger partial charge in [-0.2, -0.15) is 0 Å². The Kier molecular flexibility index (Phi) is 3.66. The third kappa shape index (κ3) is 2.66. The lowest BCUT2D eigenvalue weighted by molar-refractivity contribution is 0.0595. The number of ether oxygens (including phenoxy) is 1. The van der Waals surface area contributed by atoms with E-state index in [9.17, 15) is 9.18 Å². The molecule has 6 heteroatoms. The van der Waals surface area contributed by atoms with Crippen LogP contribution in [-0.2, 0) is 4.74 Å². The zero-order valence-corrected chi connectivity index (χ0v) is 10.7. The molecular formula is C13H10ClFN2O2. The summed E-state index contributed by atoms with van der Waals surface area (Å²) in [6.45, 7) is 0. The second-order valence-electron chi connectivity index (χ2n) is 3.78. The van der Waals surface area contributed by atoms with Gasteiger partial charge in [0.25, 0.3) is 0 Å². The lowest BCUT2D eigenvalue weighted by Gasteiger charge is -2.07. The summed E-state index contributed by atoms with van der Waals surface area (Å²) in [5.41, 5.74) is 6.59. The van der Waals surface area contributed by atoms with Crippen molar-refractivity contribution in [2.45, 2.75) is 0 Å². The van der Waals surface area contributed by atoms with Gasteiger partial charge in [0.1, 0.15) is 5.82 Å². The van der Waals surface area contributed by atoms with E-state index in [0.717, 1.165) is 0 Å². The first-order chi connectivity index (χ1) is 9.02. The fourth-order valence-corrected chi connectivity index (χ4v) is 1.78. The molecule has 2 aromatic rings. The predicted molar refractivity (Wildman–Crippen MR) is 70.4 cm³/mol. The molecule has 0 fully saturated rings. The standard InChI is InChI=1S/C13H10ClFN2O2/c1-19-13(18)12-11(16)4-7(6-17-12)9-3-2-8(14)5-10(9)15/h2-6H,16H2,1H3. The lowest BCUT2D eigenvalue weighted by Crippen LogP contribution is -2.08. The highest BCUT2D eigenvalue weighted by Gasteiger charge is 2.14. The lowest BCUT2D eigenvalue weighted by atomic mass is 10.1. The van der Waals surface area contributed by atoms with Crippen LogP contribution < -0.4 is 5.73 Å². The van der Waals surface area contributed by atoms with Crippen LogP contribution in [0.1, 0.15) is 10.5 Å². The van der Waals surface area contributed by atoms with E-state index in [4.69, 9.17) is 17.3 Å². The molecular weight excluding hydrogens is 271 g/mol. The van der Waals surface area contributed by atoms with E-state index in [0.29, 0.717) is 16.1 Å². The fraction of sp³-hybridized carbons (Fsp3) is 0.0769. The Morgan fingerprint density at radius 1 is 1.42 bits per heavy atom. The summed E-state index contributed by atoms with van der Waals surface area (Å²) in [4.78, 5) is 15.2. The van der Waals surface area contributed by atoms with Crippen molar-refractivity contribution < 1.29 is 13.9 Å². The highest BCUT2D eigenvalue weighted by molar-refractivity contribution is 6.30. The van der Waals surface area contributed by atoms with Crippen molar-refractivity contribution in [3.8, 4) is 11.1 Å². The zero-order chi connectivity index (χ0) is 14.0. The maximum Gasteiger partial charge on any atom is 0.358 e. The van der Waals surface area contributed by atoms with Gasteiger partial charge >= 0.3 is 5.97 Å². The van der Waals surface area contributed by atoms with E-state index >= 15 is 0 Å². The average Bonchev–Trinajstić information content (AvgIpc) is 2.37. The number of methoxy groups -OCH3 is 1. The van der Waals surface area contributed by atoms with E-state index in [1.807, 2.05) is 0 Å². The van der Waals surface area contributed by atoms with E-state index in [2.05, 4.69) is 9.72 Å². The van der Waals surface area contributed by atoms with Crippen molar-refractivity contribution >= 4 is 23.3 Å². The summed E-state index contributed by atoms with van der Waals surface area (Å²) in [5.74, 6) is -1.12. The molecule has 1 aromatic heterocycles. The summed E-state index contributed by atoms with van der Waals surface area (Å²) in [7, 11) is 1.23. The normalized spacial score (nSPS) is 10.3. The summed E-state index contributed by atoms with van der Waals surface area (Å²) in [6.07, 6.45) is 1.36. The molecule has 0 bridgehead atoms. The van der Waals surface area contributed by atoms with Gasteiger partial charge in [0.15, 0.2) is 5.69 Å². The number of carbonyl (C=O) groups excluding carboxylic acids is 1. The van der Waals surface area contributed by atoms with E-state index in [1.54, 1.807) is 6.07 Å². The number of esters is 1. The molecule has 0 atom stereocenters. The predicted octanol–water partition coefficient (Wildman–Crippen LogP) is 2.91. The third-order valence-corrected chi connectivity index (χ3v) is 2.77. The van der Waals surface area contributed by atoms with Crippen molar-refractivity contribution in [1.29, 1.82) is 0 Å². The Balaban J connectivity index is 2.47. The Morgan fingerprint density at radius 3 is 2.74 bits per heavy atom. The Labute approximate surface area is 114 Å². The van der Waals surface area contributed by atoms with E-state index in [1.165, 1.54) is 31.5 Å². The van der Waals surface area contributed by atoms with Crippen molar-refractivity contribution in [3.63, 3.8) is 0 Å². The van der Waals surface area contributed by atoms with Crippen LogP contribution in [0, 0.1) is 5.82 Å². The number of carbonyl (C=O) groups is 1. The molecule has 0 spiro atoms. The second kappa shape index (κ2) is 5.24. The van der Waals surface area contributed by atoms with Crippen molar-refractivity contribution in [1.82, 2.24) is 4.98 Å². The van der Waals surface area contributed by atoms with Crippen LogP contribution in [-0.4, -0.2) is 18.1 Å². The number of pyridine rings is 1. The number of hydrogen-bond donors (Lipinski definition) is 1. The monoisotopic (exact) mass is 280 g/mol. The largest absolute Gasteiger partial charge is 0.464 e. The van der Waals surface area contributed by atoms with Crippen LogP contribution in [0.4, 0.5) is 10.1 Å². The molecule has 0 saturated carbocycles. The number of anilines is 1. The maximum absolute atomic E-state index is 13.7. The number of halogens is 2. The maximum atomic E-state index is 13.7. The molecule has 0 unspecified atom stereocenters. The molecule has 0 aliphatic heterocycles. The van der Waals surface area contributed by atoms with Crippen molar-refractivity contribution in [2.24, 2.45) is 0 Å². The van der Waals surface area contributed by atoms with Gasteiger partial charge in [-0.05, 0) is 24.3 Å². The van der Waals surface area contributed by atoms with Gasteiger partial charge < -0.3 is 10.5 Å². The molecule has 1 heterocycles. The van der Waals surface area contributed by atoms with Gasteiger partial charge in [-0.25, -0.2) is 14.2 Å². The SMILES string of the molecule is COC(=O)c1ncc(-c2ccc(Cl)cc2F)cc1N. The molecule has 98 valence electrons. The number of rotatable bonds is 2. The minimum absolute atomic E-state index is 0.000576. The summed E-state index contributed by atoms with van der Waals surface area (Å²) in [6, 6.07) is 5.74. The molecule has 2 rings (SSSR count). The van der Waals surface area contributed by atoms with Crippen molar-refractivity contribution in [2.75, 3.05) is 12.8 Å². The van der Waals surface area contributed by atoms with E-state index < -0.39 is 11.8 Å². The quantitative estimate of drug-likeness (QED) is 0.859. The minimum Gasteiger partial charge on any atom is -0.464 e.